The van der Waals surface area contributed by atoms with E-state index in [4.69, 9.17) is 22.3 Å². The molecule has 2 aromatic carbocycles. The molecule has 0 aromatic heterocycles. The van der Waals surface area contributed by atoms with E-state index in [1.807, 2.05) is 24.3 Å². The van der Waals surface area contributed by atoms with Gasteiger partial charge < -0.3 is 14.4 Å². The Bertz CT molecular complexity index is 899. The lowest BCUT2D eigenvalue weighted by Gasteiger charge is -2.32. The van der Waals surface area contributed by atoms with Crippen LogP contribution in [0.3, 0.4) is 0 Å². The van der Waals surface area contributed by atoms with Gasteiger partial charge in [-0.2, -0.15) is 0 Å². The number of hydrogen-bond acceptors (Lipinski definition) is 3. The molecule has 0 fully saturated rings. The van der Waals surface area contributed by atoms with Crippen molar-refractivity contribution in [1.29, 1.82) is 0 Å². The fraction of sp³-hybridized carbons (Fsp3) is 0.182. The van der Waals surface area contributed by atoms with Crippen LogP contribution in [0.25, 0.3) is 17.2 Å². The van der Waals surface area contributed by atoms with Crippen LogP contribution in [0.2, 0.25) is 0 Å². The molecule has 0 aliphatic carbocycles. The lowest BCUT2D eigenvalue weighted by atomic mass is 9.91. The van der Waals surface area contributed by atoms with Crippen LogP contribution >= 0.6 is 0 Å². The van der Waals surface area contributed by atoms with Gasteiger partial charge in [0.2, 0.25) is 0 Å². The molecule has 1 aliphatic heterocycles. The smallest absolute Gasteiger partial charge is 0.163 e. The highest BCUT2D eigenvalue weighted by Crippen LogP contribution is 2.45. The average molecular weight is 329 g/mol. The number of ether oxygens (including phenoxy) is 2. The van der Waals surface area contributed by atoms with Crippen molar-refractivity contribution < 1.29 is 9.47 Å². The number of nitrogens with zero attached hydrogens (tertiary/aromatic N) is 1. The van der Waals surface area contributed by atoms with Crippen molar-refractivity contribution >= 4 is 11.8 Å². The van der Waals surface area contributed by atoms with Crippen molar-refractivity contribution in [1.82, 2.24) is 0 Å². The second-order valence-electron chi connectivity index (χ2n) is 5.75. The fourth-order valence-corrected chi connectivity index (χ4v) is 3.15. The van der Waals surface area contributed by atoms with Crippen LogP contribution in [0.1, 0.15) is 11.1 Å². The van der Waals surface area contributed by atoms with Gasteiger partial charge in [0, 0.05) is 19.2 Å². The molecule has 0 bridgehead atoms. The second kappa shape index (κ2) is 7.07. The van der Waals surface area contributed by atoms with Crippen LogP contribution in [0, 0.1) is 24.7 Å². The van der Waals surface area contributed by atoms with Crippen molar-refractivity contribution in [3.8, 4) is 47.3 Å². The molecular formula is C22H19NO2. The largest absolute Gasteiger partial charge is 0.477 e. The monoisotopic (exact) mass is 329 g/mol. The molecule has 0 radical (unpaired) electrons. The molecular weight excluding hydrogens is 310 g/mol. The molecule has 1 aliphatic rings. The summed E-state index contributed by atoms with van der Waals surface area (Å²) in [6.45, 7) is 5.03. The van der Waals surface area contributed by atoms with E-state index in [9.17, 15) is 0 Å². The van der Waals surface area contributed by atoms with Crippen molar-refractivity contribution in [2.24, 2.45) is 0 Å². The van der Waals surface area contributed by atoms with E-state index in [1.165, 1.54) is 0 Å². The van der Waals surface area contributed by atoms with Gasteiger partial charge in [-0.25, -0.2) is 0 Å². The van der Waals surface area contributed by atoms with Crippen LogP contribution in [0.4, 0.5) is 5.69 Å². The van der Waals surface area contributed by atoms with Gasteiger partial charge in [0.05, 0.1) is 5.69 Å². The zero-order chi connectivity index (χ0) is 17.8. The zero-order valence-corrected chi connectivity index (χ0v) is 14.2. The van der Waals surface area contributed by atoms with Gasteiger partial charge in [0.15, 0.2) is 11.5 Å². The molecule has 124 valence electrons. The van der Waals surface area contributed by atoms with Crippen LogP contribution in [0.15, 0.2) is 36.9 Å². The summed E-state index contributed by atoms with van der Waals surface area (Å²) in [5, 5.41) is 0. The summed E-state index contributed by atoms with van der Waals surface area (Å²) in [6, 6.07) is 10.2. The van der Waals surface area contributed by atoms with E-state index < -0.39 is 0 Å². The van der Waals surface area contributed by atoms with E-state index in [2.05, 4.69) is 42.5 Å². The summed E-state index contributed by atoms with van der Waals surface area (Å²) in [4.78, 5) is 2.21. The first kappa shape index (κ1) is 16.6. The first-order valence-corrected chi connectivity index (χ1v) is 7.96. The summed E-state index contributed by atoms with van der Waals surface area (Å²) < 4.78 is 11.3. The van der Waals surface area contributed by atoms with Crippen molar-refractivity contribution in [2.45, 2.75) is 6.54 Å². The topological polar surface area (TPSA) is 21.7 Å². The molecule has 0 N–H and O–H groups in total. The Balaban J connectivity index is 2.16. The maximum absolute atomic E-state index is 5.68. The predicted octanol–water partition coefficient (Wildman–Crippen LogP) is 3.97. The molecule has 3 rings (SSSR count). The van der Waals surface area contributed by atoms with Crippen LogP contribution in [-0.2, 0) is 6.54 Å². The minimum Gasteiger partial charge on any atom is -0.477 e. The summed E-state index contributed by atoms with van der Waals surface area (Å²) in [6.07, 6.45) is 12.5. The fourth-order valence-electron chi connectivity index (χ4n) is 3.15. The van der Waals surface area contributed by atoms with Crippen molar-refractivity contribution in [3.63, 3.8) is 0 Å². The van der Waals surface area contributed by atoms with Crippen LogP contribution in [-0.4, -0.2) is 20.3 Å². The lowest BCUT2D eigenvalue weighted by molar-refractivity contribution is 0.314. The van der Waals surface area contributed by atoms with Gasteiger partial charge >= 0.3 is 0 Å². The Labute approximate surface area is 148 Å². The molecule has 0 unspecified atom stereocenters. The average Bonchev–Trinajstić information content (AvgIpc) is 2.64. The normalized spacial score (nSPS) is 11.6. The molecule has 1 heterocycles. The number of para-hydroxylation sites is 1. The van der Waals surface area contributed by atoms with Gasteiger partial charge in [0.1, 0.15) is 13.2 Å². The van der Waals surface area contributed by atoms with Gasteiger partial charge in [-0.15, -0.1) is 12.8 Å². The van der Waals surface area contributed by atoms with Gasteiger partial charge in [-0.05, 0) is 28.8 Å². The second-order valence-corrected chi connectivity index (χ2v) is 5.75. The lowest BCUT2D eigenvalue weighted by Crippen LogP contribution is -2.22. The van der Waals surface area contributed by atoms with E-state index in [0.717, 1.165) is 34.5 Å². The summed E-state index contributed by atoms with van der Waals surface area (Å²) in [7, 11) is 2.07. The number of fused-ring (bicyclic) bond motifs is 3. The number of anilines is 1. The minimum atomic E-state index is 0.171. The maximum atomic E-state index is 5.68. The molecule has 25 heavy (non-hydrogen) atoms. The predicted molar refractivity (Wildman–Crippen MR) is 103 cm³/mol. The van der Waals surface area contributed by atoms with Crippen LogP contribution in [0.5, 0.6) is 11.5 Å². The summed E-state index contributed by atoms with van der Waals surface area (Å²) in [5.41, 5.74) is 5.65. The van der Waals surface area contributed by atoms with Crippen LogP contribution < -0.4 is 14.4 Å². The Morgan fingerprint density at radius 2 is 1.80 bits per heavy atom. The third-order valence-electron chi connectivity index (χ3n) is 4.16. The molecule has 0 saturated heterocycles. The van der Waals surface area contributed by atoms with E-state index in [1.54, 1.807) is 0 Å². The Morgan fingerprint density at radius 3 is 2.44 bits per heavy atom. The number of hydrogen-bond donors (Lipinski definition) is 0. The highest BCUT2D eigenvalue weighted by Gasteiger charge is 2.24. The highest BCUT2D eigenvalue weighted by atomic mass is 16.5. The molecule has 3 nitrogen and oxygen atoms in total. The molecule has 3 heteroatoms. The first-order valence-electron chi connectivity index (χ1n) is 7.96. The number of terminal acetylenes is 2. The van der Waals surface area contributed by atoms with E-state index >= 15 is 0 Å². The van der Waals surface area contributed by atoms with Gasteiger partial charge in [-0.3, -0.25) is 0 Å². The number of rotatable bonds is 5. The van der Waals surface area contributed by atoms with Crippen molar-refractivity contribution in [3.05, 3.63) is 48.0 Å². The van der Waals surface area contributed by atoms with E-state index in [0.29, 0.717) is 11.5 Å². The quantitative estimate of drug-likeness (QED) is 0.775. The van der Waals surface area contributed by atoms with E-state index in [-0.39, 0.29) is 13.2 Å². The standard InChI is InChI=1S/C22H19NO2/c1-5-11-24-20-13-17-15-23(4)22-16(7-3)9-8-10-18(22)19(17)14-21(20)25-12-6-2/h1-2,7-10,13-14H,3,11-12,15H2,4H3. The third kappa shape index (κ3) is 3.05. The molecule has 0 atom stereocenters. The Hall–Kier alpha value is -3.30. The highest BCUT2D eigenvalue weighted by molar-refractivity contribution is 5.89. The Morgan fingerprint density at radius 1 is 1.12 bits per heavy atom. The summed E-state index contributed by atoms with van der Waals surface area (Å²) >= 11 is 0. The van der Waals surface area contributed by atoms with Gasteiger partial charge in [-0.1, -0.05) is 42.7 Å². The zero-order valence-electron chi connectivity index (χ0n) is 14.2. The molecule has 0 spiro atoms. The molecule has 0 saturated carbocycles. The van der Waals surface area contributed by atoms with Gasteiger partial charge in [0.25, 0.3) is 0 Å². The maximum Gasteiger partial charge on any atom is 0.163 e. The number of benzene rings is 2. The first-order chi connectivity index (χ1) is 12.2. The van der Waals surface area contributed by atoms with Crippen molar-refractivity contribution in [2.75, 3.05) is 25.2 Å². The Kier molecular flexibility index (Phi) is 4.68. The summed E-state index contributed by atoms with van der Waals surface area (Å²) in [5.74, 6) is 6.18. The molecule has 0 amide bonds. The third-order valence-corrected chi connectivity index (χ3v) is 4.16. The molecule has 2 aromatic rings. The minimum absolute atomic E-state index is 0.171. The SMILES string of the molecule is C#CCOc1cc2c(cc1OCC#C)-c1cccc(C=C)c1N(C)C2.